The summed E-state index contributed by atoms with van der Waals surface area (Å²) in [7, 11) is 0. The van der Waals surface area contributed by atoms with Crippen molar-refractivity contribution < 1.29 is 22.3 Å². The van der Waals surface area contributed by atoms with Crippen molar-refractivity contribution in [2.24, 2.45) is 5.92 Å². The van der Waals surface area contributed by atoms with E-state index in [0.717, 1.165) is 37.7 Å². The molecule has 0 radical (unpaired) electrons. The van der Waals surface area contributed by atoms with Crippen molar-refractivity contribution in [1.29, 1.82) is 0 Å². The van der Waals surface area contributed by atoms with Gasteiger partial charge in [-0.3, -0.25) is 4.90 Å². The van der Waals surface area contributed by atoms with Crippen LogP contribution in [0.25, 0.3) is 11.5 Å². The van der Waals surface area contributed by atoms with E-state index in [0.29, 0.717) is 18.9 Å². The fourth-order valence-corrected chi connectivity index (χ4v) is 3.77. The van der Waals surface area contributed by atoms with Gasteiger partial charge in [-0.15, -0.1) is 0 Å². The Morgan fingerprint density at radius 2 is 1.97 bits per heavy atom. The lowest BCUT2D eigenvalue weighted by Crippen LogP contribution is -2.37. The first-order valence-electron chi connectivity index (χ1n) is 10.0. The van der Waals surface area contributed by atoms with Gasteiger partial charge < -0.3 is 9.15 Å². The van der Waals surface area contributed by atoms with E-state index in [1.165, 1.54) is 18.2 Å². The molecule has 1 saturated heterocycles. The van der Waals surface area contributed by atoms with Gasteiger partial charge in [0.1, 0.15) is 17.4 Å². The van der Waals surface area contributed by atoms with Crippen molar-refractivity contribution >= 4 is 0 Å². The molecule has 0 bridgehead atoms. The zero-order valence-electron chi connectivity index (χ0n) is 16.7. The Morgan fingerprint density at radius 1 is 1.13 bits per heavy atom. The molecule has 1 unspecified atom stereocenters. The summed E-state index contributed by atoms with van der Waals surface area (Å²) in [6, 6.07) is 9.73. The smallest absolute Gasteiger partial charge is 0.229 e. The second kappa shape index (κ2) is 8.92. The molecule has 1 aliphatic heterocycles. The molecular formula is C23H23F3N2O2. The van der Waals surface area contributed by atoms with Gasteiger partial charge >= 0.3 is 0 Å². The molecule has 1 aliphatic rings. The van der Waals surface area contributed by atoms with Gasteiger partial charge in [0, 0.05) is 25.1 Å². The van der Waals surface area contributed by atoms with Gasteiger partial charge in [0.2, 0.25) is 5.89 Å². The molecule has 158 valence electrons. The largest absolute Gasteiger partial charge is 0.490 e. The van der Waals surface area contributed by atoms with E-state index in [-0.39, 0.29) is 28.9 Å². The topological polar surface area (TPSA) is 38.5 Å². The number of hydrogen-bond acceptors (Lipinski definition) is 4. The SMILES string of the molecule is Cc1oc(-c2ccc(F)cc2F)nc1CN1CCCC(COc2ccccc2F)C1. The van der Waals surface area contributed by atoms with E-state index in [4.69, 9.17) is 9.15 Å². The van der Waals surface area contributed by atoms with Crippen LogP contribution < -0.4 is 4.74 Å². The fraction of sp³-hybridized carbons (Fsp3) is 0.348. The normalized spacial score (nSPS) is 17.3. The van der Waals surface area contributed by atoms with Crippen molar-refractivity contribution in [2.75, 3.05) is 19.7 Å². The summed E-state index contributed by atoms with van der Waals surface area (Å²) in [4.78, 5) is 6.69. The maximum absolute atomic E-state index is 14.0. The average molecular weight is 416 g/mol. The summed E-state index contributed by atoms with van der Waals surface area (Å²) in [5.41, 5.74) is 0.866. The first-order chi connectivity index (χ1) is 14.5. The van der Waals surface area contributed by atoms with Crippen molar-refractivity contribution in [3.8, 4) is 17.2 Å². The average Bonchev–Trinajstić information content (AvgIpc) is 3.07. The first-order valence-corrected chi connectivity index (χ1v) is 10.0. The minimum Gasteiger partial charge on any atom is -0.490 e. The Hall–Kier alpha value is -2.80. The van der Waals surface area contributed by atoms with Crippen LogP contribution in [-0.2, 0) is 6.54 Å². The molecule has 1 atom stereocenters. The fourth-order valence-electron chi connectivity index (χ4n) is 3.77. The van der Waals surface area contributed by atoms with Gasteiger partial charge in [-0.05, 0) is 50.6 Å². The number of benzene rings is 2. The quantitative estimate of drug-likeness (QED) is 0.542. The molecular weight excluding hydrogens is 393 g/mol. The minimum absolute atomic E-state index is 0.139. The highest BCUT2D eigenvalue weighted by Gasteiger charge is 2.23. The molecule has 4 rings (SSSR count). The summed E-state index contributed by atoms with van der Waals surface area (Å²) < 4.78 is 52.3. The van der Waals surface area contributed by atoms with E-state index in [2.05, 4.69) is 9.88 Å². The number of hydrogen-bond donors (Lipinski definition) is 0. The predicted octanol–water partition coefficient (Wildman–Crippen LogP) is 5.36. The standard InChI is InChI=1S/C23H23F3N2O2/c1-15-21(27-23(30-15)18-9-8-17(24)11-20(18)26)13-28-10-4-5-16(12-28)14-29-22-7-3-2-6-19(22)25/h2-3,6-9,11,16H,4-5,10,12-14H2,1H3. The van der Waals surface area contributed by atoms with Crippen molar-refractivity contribution in [3.05, 3.63) is 71.4 Å². The summed E-state index contributed by atoms with van der Waals surface area (Å²) in [5.74, 6) is -0.394. The number of oxazole rings is 1. The predicted molar refractivity (Wildman–Crippen MR) is 106 cm³/mol. The highest BCUT2D eigenvalue weighted by atomic mass is 19.1. The lowest BCUT2D eigenvalue weighted by Gasteiger charge is -2.32. The zero-order chi connectivity index (χ0) is 21.1. The first kappa shape index (κ1) is 20.5. The zero-order valence-corrected chi connectivity index (χ0v) is 16.7. The monoisotopic (exact) mass is 416 g/mol. The van der Waals surface area contributed by atoms with Crippen LogP contribution in [0.15, 0.2) is 46.9 Å². The Balaban J connectivity index is 1.39. The summed E-state index contributed by atoms with van der Waals surface area (Å²) in [6.45, 7) is 4.50. The highest BCUT2D eigenvalue weighted by Crippen LogP contribution is 2.27. The second-order valence-corrected chi connectivity index (χ2v) is 7.63. The molecule has 30 heavy (non-hydrogen) atoms. The lowest BCUT2D eigenvalue weighted by atomic mass is 9.99. The van der Waals surface area contributed by atoms with E-state index in [1.54, 1.807) is 25.1 Å². The molecule has 2 heterocycles. The number of aromatic nitrogens is 1. The third-order valence-corrected chi connectivity index (χ3v) is 5.34. The number of aryl methyl sites for hydroxylation is 1. The maximum atomic E-state index is 14.0. The van der Waals surface area contributed by atoms with Crippen LogP contribution in [0.5, 0.6) is 5.75 Å². The van der Waals surface area contributed by atoms with Crippen LogP contribution >= 0.6 is 0 Å². The summed E-state index contributed by atoms with van der Waals surface area (Å²) in [5, 5.41) is 0. The number of halogens is 3. The molecule has 0 spiro atoms. The van der Waals surface area contributed by atoms with Crippen molar-refractivity contribution in [2.45, 2.75) is 26.3 Å². The summed E-state index contributed by atoms with van der Waals surface area (Å²) in [6.07, 6.45) is 2.01. The number of rotatable bonds is 6. The third-order valence-electron chi connectivity index (χ3n) is 5.34. The van der Waals surface area contributed by atoms with Crippen molar-refractivity contribution in [3.63, 3.8) is 0 Å². The molecule has 1 fully saturated rings. The van der Waals surface area contributed by atoms with Crippen LogP contribution in [0.1, 0.15) is 24.3 Å². The van der Waals surface area contributed by atoms with E-state index in [1.807, 2.05) is 0 Å². The van der Waals surface area contributed by atoms with Gasteiger partial charge in [-0.25, -0.2) is 18.2 Å². The molecule has 0 amide bonds. The van der Waals surface area contributed by atoms with E-state index >= 15 is 0 Å². The van der Waals surface area contributed by atoms with E-state index in [9.17, 15) is 13.2 Å². The van der Waals surface area contributed by atoms with Gasteiger partial charge in [0.15, 0.2) is 11.6 Å². The number of para-hydroxylation sites is 1. The molecule has 3 aromatic rings. The Kier molecular flexibility index (Phi) is 6.08. The number of piperidine rings is 1. The third kappa shape index (κ3) is 4.67. The Labute approximate surface area is 173 Å². The molecule has 2 aromatic carbocycles. The molecule has 1 aromatic heterocycles. The van der Waals surface area contributed by atoms with Crippen LogP contribution in [0.2, 0.25) is 0 Å². The number of likely N-dealkylation sites (tertiary alicyclic amines) is 1. The van der Waals surface area contributed by atoms with Crippen LogP contribution in [0.4, 0.5) is 13.2 Å². The molecule has 0 aliphatic carbocycles. The summed E-state index contributed by atoms with van der Waals surface area (Å²) >= 11 is 0. The molecule has 7 heteroatoms. The van der Waals surface area contributed by atoms with Gasteiger partial charge in [-0.2, -0.15) is 0 Å². The highest BCUT2D eigenvalue weighted by molar-refractivity contribution is 5.54. The molecule has 4 nitrogen and oxygen atoms in total. The van der Waals surface area contributed by atoms with Crippen LogP contribution in [0.3, 0.4) is 0 Å². The molecule has 0 N–H and O–H groups in total. The molecule has 0 saturated carbocycles. The van der Waals surface area contributed by atoms with Gasteiger partial charge in [0.25, 0.3) is 0 Å². The second-order valence-electron chi connectivity index (χ2n) is 7.63. The van der Waals surface area contributed by atoms with Crippen LogP contribution in [0, 0.1) is 30.3 Å². The lowest BCUT2D eigenvalue weighted by molar-refractivity contribution is 0.122. The maximum Gasteiger partial charge on any atom is 0.229 e. The van der Waals surface area contributed by atoms with Crippen LogP contribution in [-0.4, -0.2) is 29.6 Å². The Bertz CT molecular complexity index is 1020. The van der Waals surface area contributed by atoms with Crippen molar-refractivity contribution in [1.82, 2.24) is 9.88 Å². The number of nitrogens with zero attached hydrogens (tertiary/aromatic N) is 2. The van der Waals surface area contributed by atoms with Gasteiger partial charge in [-0.1, -0.05) is 12.1 Å². The minimum atomic E-state index is -0.703. The van der Waals surface area contributed by atoms with E-state index < -0.39 is 11.6 Å². The van der Waals surface area contributed by atoms with Gasteiger partial charge in [0.05, 0.1) is 17.9 Å². The number of ether oxygens (including phenoxy) is 1. The Morgan fingerprint density at radius 3 is 2.77 bits per heavy atom.